The largest absolute Gasteiger partial charge is 0.268 e. The van der Waals surface area contributed by atoms with Gasteiger partial charge in [0.2, 0.25) is 0 Å². The van der Waals surface area contributed by atoms with E-state index in [1.807, 2.05) is 48.5 Å². The van der Waals surface area contributed by atoms with Crippen molar-refractivity contribution in [2.24, 2.45) is 11.8 Å². The zero-order chi connectivity index (χ0) is 67.8. The highest BCUT2D eigenvalue weighted by atomic mass is 32.1. The molecule has 0 atom stereocenters. The van der Waals surface area contributed by atoms with E-state index in [9.17, 15) is 0 Å². The van der Waals surface area contributed by atoms with E-state index in [0.717, 1.165) is 112 Å². The molecule has 0 radical (unpaired) electrons. The van der Waals surface area contributed by atoms with Crippen molar-refractivity contribution in [3.05, 3.63) is 259 Å². The minimum Gasteiger partial charge on any atom is -0.268 e. The number of carbonyl (C=O) groups excluding carboxylic acids is 4. The van der Waals surface area contributed by atoms with Crippen LogP contribution in [0.1, 0.15) is 187 Å². The van der Waals surface area contributed by atoms with Gasteiger partial charge in [-0.25, -0.2) is 9.80 Å². The van der Waals surface area contributed by atoms with Gasteiger partial charge in [-0.1, -0.05) is 152 Å². The van der Waals surface area contributed by atoms with E-state index in [1.54, 1.807) is 0 Å². The molecule has 2 heterocycles. The number of carbonyl (C=O) groups is 4. The average molecular weight is 1330 g/mol. The maximum atomic E-state index is 15.1. The van der Waals surface area contributed by atoms with Crippen molar-refractivity contribution >= 4 is 158 Å². The standard InChI is InChI=1S/C92H68N2O4S2/c1-41(2)71-37-53(99)38-72(42(3)4)87(71)93-89(95)67-25-21-59-55-13-17-63-75-33-49-29-45-9-11-47-31-51-35-77-65-19-15-57-61-23-27-69-86-70(92(98)94(91(69)97)88-73(43(5)6)39-54(100)40-74(88)44(7)8)28-24-62(82(61)86)58-16-20-66(84(65)80(57)58)78(77)36-52(51)32-48(47)12-10-46(45)30-50(49)34-76(75)64-18-14-56(79(55)83(63)64)60-22-26-68(90(93)96)85(67)81(59)60/h13-44,79,83,99-100H,9-12H2,1-8H3. The Kier molecular flexibility index (Phi) is 11.9. The Morgan fingerprint density at radius 3 is 0.860 bits per heavy atom. The fourth-order valence-corrected chi connectivity index (χ4v) is 20.4. The molecule has 2 aliphatic heterocycles. The first-order valence-corrected chi connectivity index (χ1v) is 36.6. The Labute approximate surface area is 590 Å². The van der Waals surface area contributed by atoms with Crippen molar-refractivity contribution in [3.8, 4) is 22.3 Å². The number of hydrogen-bond acceptors (Lipinski definition) is 6. The van der Waals surface area contributed by atoms with Gasteiger partial charge in [0.05, 0.1) is 11.4 Å². The summed E-state index contributed by atoms with van der Waals surface area (Å²) in [6.07, 6.45) is 13.3. The summed E-state index contributed by atoms with van der Waals surface area (Å²) in [7, 11) is 0. The first-order chi connectivity index (χ1) is 48.4. The van der Waals surface area contributed by atoms with Crippen molar-refractivity contribution in [2.75, 3.05) is 9.80 Å². The van der Waals surface area contributed by atoms with Gasteiger partial charge in [-0.05, 0) is 298 Å². The number of aryl methyl sites for hydroxylation is 4. The lowest BCUT2D eigenvalue weighted by molar-refractivity contribution is 0.0877. The predicted molar refractivity (Wildman–Crippen MR) is 417 cm³/mol. The summed E-state index contributed by atoms with van der Waals surface area (Å²) in [6.45, 7) is 16.9. The van der Waals surface area contributed by atoms with Gasteiger partial charge in [-0.15, -0.1) is 25.3 Å². The second-order valence-electron chi connectivity index (χ2n) is 30.8. The molecule has 6 nitrogen and oxygen atoms in total. The van der Waals surface area contributed by atoms with Gasteiger partial charge in [-0.3, -0.25) is 19.2 Å². The maximum absolute atomic E-state index is 15.1. The van der Waals surface area contributed by atoms with Crippen molar-refractivity contribution in [3.63, 3.8) is 0 Å². The minimum atomic E-state index is -0.284. The second-order valence-corrected chi connectivity index (χ2v) is 31.9. The summed E-state index contributed by atoms with van der Waals surface area (Å²) < 4.78 is 0. The van der Waals surface area contributed by atoms with E-state index in [0.29, 0.717) is 33.6 Å². The molecule has 4 amide bonds. The van der Waals surface area contributed by atoms with Crippen LogP contribution in [-0.4, -0.2) is 23.6 Å². The highest BCUT2D eigenvalue weighted by Crippen LogP contribution is 2.64. The summed E-state index contributed by atoms with van der Waals surface area (Å²) >= 11 is 9.54. The summed E-state index contributed by atoms with van der Waals surface area (Å²) in [5.74, 6) is -0.596. The number of rotatable bonds is 6. The fraction of sp³-hybridized carbons (Fsp3) is 0.196. The van der Waals surface area contributed by atoms with Crippen LogP contribution >= 0.6 is 25.3 Å². The molecule has 0 fully saturated rings. The summed E-state index contributed by atoms with van der Waals surface area (Å²) in [4.78, 5) is 64.8. The molecule has 482 valence electrons. The van der Waals surface area contributed by atoms with Crippen LogP contribution in [0.3, 0.4) is 0 Å². The Morgan fingerprint density at radius 1 is 0.290 bits per heavy atom. The van der Waals surface area contributed by atoms with Crippen molar-refractivity contribution in [1.29, 1.82) is 0 Å². The van der Waals surface area contributed by atoms with Gasteiger partial charge >= 0.3 is 0 Å². The molecule has 0 N–H and O–H groups in total. The monoisotopic (exact) mass is 1330 g/mol. The molecular weight excluding hydrogens is 1260 g/mol. The molecule has 0 spiro atoms. The van der Waals surface area contributed by atoms with E-state index >= 15 is 19.2 Å². The number of amides is 4. The zero-order valence-corrected chi connectivity index (χ0v) is 58.7. The topological polar surface area (TPSA) is 74.8 Å². The highest BCUT2D eigenvalue weighted by Gasteiger charge is 2.48. The van der Waals surface area contributed by atoms with Crippen LogP contribution in [-0.2, 0) is 25.7 Å². The number of thiol groups is 2. The lowest BCUT2D eigenvalue weighted by Crippen LogP contribution is -2.42. The number of hydrogen-bond donors (Lipinski definition) is 2. The third-order valence-corrected chi connectivity index (χ3v) is 24.9. The lowest BCUT2D eigenvalue weighted by atomic mass is 9.62. The molecule has 13 aromatic rings. The van der Waals surface area contributed by atoms with Crippen molar-refractivity contribution in [1.82, 2.24) is 0 Å². The molecule has 0 saturated heterocycles. The molecule has 6 aliphatic carbocycles. The quantitative estimate of drug-likeness (QED) is 0.0753. The third kappa shape index (κ3) is 7.58. The van der Waals surface area contributed by atoms with Crippen molar-refractivity contribution < 1.29 is 19.2 Å². The van der Waals surface area contributed by atoms with Crippen molar-refractivity contribution in [2.45, 2.75) is 115 Å². The molecule has 8 heteroatoms. The molecular formula is C92H68N2O4S2. The van der Waals surface area contributed by atoms with E-state index in [-0.39, 0.29) is 59.1 Å². The van der Waals surface area contributed by atoms with Crippen LogP contribution in [0.4, 0.5) is 11.4 Å². The lowest BCUT2D eigenvalue weighted by Gasteiger charge is -2.41. The van der Waals surface area contributed by atoms with E-state index in [2.05, 4.69) is 177 Å². The summed E-state index contributed by atoms with van der Waals surface area (Å²) in [5, 5.41) is 15.5. The normalized spacial score (nSPS) is 17.6. The third-order valence-electron chi connectivity index (χ3n) is 24.3. The number of fused-ring (bicyclic) bond motifs is 14. The van der Waals surface area contributed by atoms with Crippen LogP contribution in [0.25, 0.3) is 120 Å². The van der Waals surface area contributed by atoms with E-state index in [1.165, 1.54) is 120 Å². The minimum absolute atomic E-state index is 0.0642. The zero-order valence-electron chi connectivity index (χ0n) is 56.9. The van der Waals surface area contributed by atoms with Gasteiger partial charge in [0.15, 0.2) is 0 Å². The number of allylic oxidation sites excluding steroid dienone is 8. The Balaban J connectivity index is 0.606. The molecule has 0 unspecified atom stereocenters. The van der Waals surface area contributed by atoms with Gasteiger partial charge in [0, 0.05) is 54.7 Å². The van der Waals surface area contributed by atoms with Crippen LogP contribution < -0.4 is 9.80 Å². The van der Waals surface area contributed by atoms with Gasteiger partial charge in [-0.2, -0.15) is 0 Å². The smallest absolute Gasteiger partial charge is 0.266 e. The summed E-state index contributed by atoms with van der Waals surface area (Å²) in [6, 6.07) is 53.5. The number of nitrogens with zero attached hydrogens (tertiary/aromatic N) is 2. The maximum Gasteiger partial charge on any atom is 0.266 e. The molecule has 21 rings (SSSR count). The number of imide groups is 2. The first kappa shape index (κ1) is 58.8. The van der Waals surface area contributed by atoms with E-state index < -0.39 is 0 Å². The summed E-state index contributed by atoms with van der Waals surface area (Å²) in [5.41, 5.74) is 28.2. The van der Waals surface area contributed by atoms with E-state index in [4.69, 9.17) is 25.3 Å². The number of anilines is 2. The van der Waals surface area contributed by atoms with Gasteiger partial charge in [0.25, 0.3) is 23.6 Å². The predicted octanol–water partition coefficient (Wildman–Crippen LogP) is 22.9. The number of benzene rings is 13. The Hall–Kier alpha value is -10.1. The second kappa shape index (κ2) is 20.3. The van der Waals surface area contributed by atoms with Crippen LogP contribution in [0.2, 0.25) is 0 Å². The SMILES string of the molecule is CC(C)c1cc(S)cc(C(C)C)c1N1C(=O)c2ccc3c4c(ccc(c24)C1=O)C1=CC=C2c4cc5cc6c(cc5cc4C4=CC=C3C1C42)CCc1cc2cc3c(cc2cc1CC6)-c1ccc2c4ccc5c6c(ccc(c7ccc-3c1c72)c64)C(=O)N(c1c(C(C)C)cc(S)cc1C(C)C)C5=O. The fourth-order valence-electron chi connectivity index (χ4n) is 19.8. The molecule has 0 saturated carbocycles. The molecule has 0 aromatic heterocycles. The Bertz CT molecular complexity index is 6010. The van der Waals surface area contributed by atoms with Crippen LogP contribution in [0.15, 0.2) is 180 Å². The highest BCUT2D eigenvalue weighted by molar-refractivity contribution is 7.80. The first-order valence-electron chi connectivity index (χ1n) is 35.7. The Morgan fingerprint density at radius 2 is 0.540 bits per heavy atom. The average Bonchev–Trinajstić information content (AvgIpc) is 1.20. The molecule has 13 aromatic carbocycles. The molecule has 8 aliphatic rings. The van der Waals surface area contributed by atoms with Gasteiger partial charge < -0.3 is 0 Å². The van der Waals surface area contributed by atoms with Gasteiger partial charge in [0.1, 0.15) is 0 Å². The molecule has 100 heavy (non-hydrogen) atoms. The van der Waals surface area contributed by atoms with Crippen LogP contribution in [0.5, 0.6) is 0 Å². The van der Waals surface area contributed by atoms with Crippen LogP contribution in [0, 0.1) is 11.8 Å². The molecule has 0 bridgehead atoms.